The zero-order valence-electron chi connectivity index (χ0n) is 7.74. The first-order chi connectivity index (χ1) is 6.74. The molecule has 0 bridgehead atoms. The number of aromatic nitrogens is 1. The first-order valence-electron chi connectivity index (χ1n) is 4.35. The third-order valence-electron chi connectivity index (χ3n) is 2.10. The summed E-state index contributed by atoms with van der Waals surface area (Å²) in [6, 6.07) is 1.70. The number of hydrogen-bond acceptors (Lipinski definition) is 4. The monoisotopic (exact) mass is 196 g/mol. The minimum atomic E-state index is -0.833. The Bertz CT molecular complexity index is 432. The number of nitrogens with one attached hydrogen (secondary N) is 2. The van der Waals surface area contributed by atoms with Crippen LogP contribution in [0.2, 0.25) is 0 Å². The van der Waals surface area contributed by atoms with Crippen LogP contribution < -0.4 is 5.32 Å². The summed E-state index contributed by atoms with van der Waals surface area (Å²) >= 11 is 0. The van der Waals surface area contributed by atoms with Crippen LogP contribution in [-0.4, -0.2) is 28.8 Å². The fourth-order valence-corrected chi connectivity index (χ4v) is 1.43. The molecule has 2 rings (SSSR count). The lowest BCUT2D eigenvalue weighted by Crippen LogP contribution is -2.16. The summed E-state index contributed by atoms with van der Waals surface area (Å²) in [5.74, 6) is 0.175. The molecule has 0 aromatic carbocycles. The Morgan fingerprint density at radius 2 is 2.43 bits per heavy atom. The molecule has 5 nitrogen and oxygen atoms in total. The highest BCUT2D eigenvalue weighted by Gasteiger charge is 2.20. The van der Waals surface area contributed by atoms with Crippen molar-refractivity contribution in [3.05, 3.63) is 18.0 Å². The van der Waals surface area contributed by atoms with Gasteiger partial charge < -0.3 is 24.9 Å². The van der Waals surface area contributed by atoms with Gasteiger partial charge in [0.05, 0.1) is 0 Å². The normalized spacial score (nSPS) is 13.6. The lowest BCUT2D eigenvalue weighted by Gasteiger charge is -2.06. The lowest BCUT2D eigenvalue weighted by atomic mass is 10.2. The average Bonchev–Trinajstić information content (AvgIpc) is 2.69. The van der Waals surface area contributed by atoms with E-state index in [2.05, 4.69) is 10.3 Å². The number of aliphatic hydroxyl groups excluding tert-OH is 1. The molecule has 2 aromatic rings. The van der Waals surface area contributed by atoms with Gasteiger partial charge in [-0.15, -0.1) is 0 Å². The second kappa shape index (κ2) is 3.36. The van der Waals surface area contributed by atoms with Crippen LogP contribution in [0.1, 0.15) is 11.9 Å². The second-order valence-electron chi connectivity index (χ2n) is 3.11. The molecule has 0 aliphatic rings. The molecule has 0 aliphatic carbocycles. The highest BCUT2D eigenvalue weighted by atomic mass is 16.4. The van der Waals surface area contributed by atoms with E-state index in [1.807, 2.05) is 0 Å². The summed E-state index contributed by atoms with van der Waals surface area (Å²) in [6.45, 7) is 0.337. The summed E-state index contributed by atoms with van der Waals surface area (Å²) in [6.07, 6.45) is 0.836. The van der Waals surface area contributed by atoms with Crippen molar-refractivity contribution in [1.82, 2.24) is 10.3 Å². The zero-order chi connectivity index (χ0) is 10.1. The number of furan rings is 1. The van der Waals surface area contributed by atoms with Crippen molar-refractivity contribution >= 4 is 11.1 Å². The van der Waals surface area contributed by atoms with E-state index in [1.54, 1.807) is 19.3 Å². The van der Waals surface area contributed by atoms with Gasteiger partial charge in [-0.3, -0.25) is 0 Å². The molecule has 0 amide bonds. The quantitative estimate of drug-likeness (QED) is 0.583. The van der Waals surface area contributed by atoms with Gasteiger partial charge >= 0.3 is 0 Å². The maximum absolute atomic E-state index is 9.66. The molecular formula is C9H12N2O3. The lowest BCUT2D eigenvalue weighted by molar-refractivity contribution is 0.148. The van der Waals surface area contributed by atoms with E-state index in [4.69, 9.17) is 4.42 Å². The van der Waals surface area contributed by atoms with Crippen LogP contribution in [-0.2, 0) is 0 Å². The van der Waals surface area contributed by atoms with Crippen molar-refractivity contribution in [3.8, 4) is 5.75 Å². The number of aliphatic hydroxyl groups is 1. The maximum Gasteiger partial charge on any atom is 0.184 e. The molecule has 5 heteroatoms. The van der Waals surface area contributed by atoms with Crippen molar-refractivity contribution in [2.45, 2.75) is 6.10 Å². The van der Waals surface area contributed by atoms with E-state index in [0.717, 1.165) is 0 Å². The molecule has 0 saturated heterocycles. The number of fused-ring (bicyclic) bond motifs is 1. The Labute approximate surface area is 80.3 Å². The van der Waals surface area contributed by atoms with Gasteiger partial charge in [0.15, 0.2) is 17.1 Å². The highest BCUT2D eigenvalue weighted by Crippen LogP contribution is 2.34. The molecular weight excluding hydrogens is 184 g/mol. The van der Waals surface area contributed by atoms with Crippen molar-refractivity contribution in [1.29, 1.82) is 0 Å². The van der Waals surface area contributed by atoms with Gasteiger partial charge in [0.1, 0.15) is 11.6 Å². The van der Waals surface area contributed by atoms with Crippen LogP contribution in [0, 0.1) is 0 Å². The average molecular weight is 196 g/mol. The number of aromatic hydroxyl groups is 1. The second-order valence-corrected chi connectivity index (χ2v) is 3.11. The summed E-state index contributed by atoms with van der Waals surface area (Å²) < 4.78 is 5.28. The predicted molar refractivity (Wildman–Crippen MR) is 51.1 cm³/mol. The molecule has 1 unspecified atom stereocenters. The van der Waals surface area contributed by atoms with Gasteiger partial charge in [0.25, 0.3) is 0 Å². The maximum atomic E-state index is 9.66. The van der Waals surface area contributed by atoms with E-state index >= 15 is 0 Å². The fourth-order valence-electron chi connectivity index (χ4n) is 1.43. The highest BCUT2D eigenvalue weighted by molar-refractivity contribution is 5.81. The first kappa shape index (κ1) is 9.11. The van der Waals surface area contributed by atoms with Crippen LogP contribution in [0.3, 0.4) is 0 Å². The molecule has 4 N–H and O–H groups in total. The largest absolute Gasteiger partial charge is 0.503 e. The van der Waals surface area contributed by atoms with Crippen LogP contribution >= 0.6 is 0 Å². The van der Waals surface area contributed by atoms with Crippen LogP contribution in [0.15, 0.2) is 16.7 Å². The summed E-state index contributed by atoms with van der Waals surface area (Å²) in [4.78, 5) is 2.83. The van der Waals surface area contributed by atoms with E-state index in [9.17, 15) is 10.2 Å². The molecule has 1 atom stereocenters. The topological polar surface area (TPSA) is 81.4 Å². The Hall–Kier alpha value is -1.46. The van der Waals surface area contributed by atoms with Crippen molar-refractivity contribution in [2.24, 2.45) is 0 Å². The smallest absolute Gasteiger partial charge is 0.184 e. The van der Waals surface area contributed by atoms with Gasteiger partial charge in [-0.25, -0.2) is 0 Å². The predicted octanol–water partition coefficient (Wildman–Crippen LogP) is 0.719. The molecule has 0 saturated carbocycles. The van der Waals surface area contributed by atoms with Crippen LogP contribution in [0.5, 0.6) is 5.75 Å². The van der Waals surface area contributed by atoms with Gasteiger partial charge in [-0.1, -0.05) is 0 Å². The third kappa shape index (κ3) is 1.26. The Morgan fingerprint density at radius 3 is 3.07 bits per heavy atom. The van der Waals surface area contributed by atoms with Gasteiger partial charge in [-0.05, 0) is 13.1 Å². The zero-order valence-corrected chi connectivity index (χ0v) is 7.74. The minimum absolute atomic E-state index is 0.0206. The standard InChI is InChI=1S/C9H12N2O3/c1-10-4-5(12)9-8(13)7-6(14-9)2-3-11-7/h2-3,5,10-13H,4H2,1H3. The van der Waals surface area contributed by atoms with Crippen LogP contribution in [0.25, 0.3) is 11.1 Å². The summed E-state index contributed by atoms with van der Waals surface area (Å²) in [5, 5.41) is 22.1. The molecule has 2 aromatic heterocycles. The number of hydrogen-bond donors (Lipinski definition) is 4. The summed E-state index contributed by atoms with van der Waals surface area (Å²) in [7, 11) is 1.72. The minimum Gasteiger partial charge on any atom is -0.503 e. The Morgan fingerprint density at radius 1 is 1.64 bits per heavy atom. The molecule has 0 spiro atoms. The van der Waals surface area contributed by atoms with Crippen molar-refractivity contribution in [3.63, 3.8) is 0 Å². The summed E-state index contributed by atoms with van der Waals surface area (Å²) in [5.41, 5.74) is 1.07. The third-order valence-corrected chi connectivity index (χ3v) is 2.10. The molecule has 76 valence electrons. The number of aromatic amines is 1. The van der Waals surface area contributed by atoms with E-state index in [-0.39, 0.29) is 11.5 Å². The Kier molecular flexibility index (Phi) is 2.18. The van der Waals surface area contributed by atoms with Crippen LogP contribution in [0.4, 0.5) is 0 Å². The molecule has 0 aliphatic heterocycles. The first-order valence-corrected chi connectivity index (χ1v) is 4.35. The van der Waals surface area contributed by atoms with Crippen molar-refractivity contribution < 1.29 is 14.6 Å². The van der Waals surface area contributed by atoms with Crippen molar-refractivity contribution in [2.75, 3.05) is 13.6 Å². The molecule has 0 fully saturated rings. The number of H-pyrrole nitrogens is 1. The fraction of sp³-hybridized carbons (Fsp3) is 0.333. The van der Waals surface area contributed by atoms with E-state index in [0.29, 0.717) is 17.6 Å². The van der Waals surface area contributed by atoms with E-state index < -0.39 is 6.10 Å². The van der Waals surface area contributed by atoms with Gasteiger partial charge in [-0.2, -0.15) is 0 Å². The molecule has 2 heterocycles. The number of rotatable bonds is 3. The number of likely N-dealkylation sites (N-methyl/N-ethyl adjacent to an activating group) is 1. The van der Waals surface area contributed by atoms with Gasteiger partial charge in [0.2, 0.25) is 0 Å². The molecule has 14 heavy (non-hydrogen) atoms. The Balaban J connectivity index is 2.41. The van der Waals surface area contributed by atoms with Gasteiger partial charge in [0, 0.05) is 12.7 Å². The van der Waals surface area contributed by atoms with E-state index in [1.165, 1.54) is 0 Å². The molecule has 0 radical (unpaired) electrons. The SMILES string of the molecule is CNCC(O)c1oc2cc[nH]c2c1O.